The SMILES string of the molecule is O=C1CCCC1Sc1ncn[nH]1. The van der Waals surface area contributed by atoms with Crippen molar-refractivity contribution >= 4 is 17.5 Å². The number of nitrogens with zero attached hydrogens (tertiary/aromatic N) is 2. The van der Waals surface area contributed by atoms with Crippen LogP contribution in [0.1, 0.15) is 19.3 Å². The first-order valence-corrected chi connectivity index (χ1v) is 4.79. The summed E-state index contributed by atoms with van der Waals surface area (Å²) in [7, 11) is 0. The topological polar surface area (TPSA) is 58.6 Å². The van der Waals surface area contributed by atoms with Crippen LogP contribution in [0.5, 0.6) is 0 Å². The number of rotatable bonds is 2. The van der Waals surface area contributed by atoms with E-state index in [1.54, 1.807) is 0 Å². The Morgan fingerprint density at radius 2 is 2.58 bits per heavy atom. The Bertz CT molecular complexity index is 272. The molecule has 0 radical (unpaired) electrons. The lowest BCUT2D eigenvalue weighted by molar-refractivity contribution is -0.116. The maximum absolute atomic E-state index is 11.2. The van der Waals surface area contributed by atoms with Crippen LogP contribution in [-0.2, 0) is 4.79 Å². The average molecular weight is 183 g/mol. The summed E-state index contributed by atoms with van der Waals surface area (Å²) in [5.74, 6) is 0.344. The summed E-state index contributed by atoms with van der Waals surface area (Å²) in [4.78, 5) is 15.2. The number of nitrogens with one attached hydrogen (secondary N) is 1. The molecule has 0 saturated heterocycles. The summed E-state index contributed by atoms with van der Waals surface area (Å²) < 4.78 is 0. The maximum Gasteiger partial charge on any atom is 0.184 e. The molecular weight excluding hydrogens is 174 g/mol. The van der Waals surface area contributed by atoms with Gasteiger partial charge in [-0.15, -0.1) is 0 Å². The van der Waals surface area contributed by atoms with Crippen molar-refractivity contribution in [2.45, 2.75) is 29.7 Å². The molecule has 0 bridgehead atoms. The van der Waals surface area contributed by atoms with E-state index in [0.29, 0.717) is 5.78 Å². The minimum absolute atomic E-state index is 0.109. The lowest BCUT2D eigenvalue weighted by atomic mass is 10.3. The zero-order chi connectivity index (χ0) is 8.39. The average Bonchev–Trinajstić information content (AvgIpc) is 2.65. The number of H-pyrrole nitrogens is 1. The Kier molecular flexibility index (Phi) is 2.12. The molecule has 1 aliphatic carbocycles. The van der Waals surface area contributed by atoms with Gasteiger partial charge in [0, 0.05) is 6.42 Å². The number of aromatic nitrogens is 3. The quantitative estimate of drug-likeness (QED) is 0.743. The van der Waals surface area contributed by atoms with Gasteiger partial charge in [0.15, 0.2) is 5.16 Å². The van der Waals surface area contributed by atoms with Gasteiger partial charge in [0.1, 0.15) is 12.1 Å². The molecule has 0 amide bonds. The number of thioether (sulfide) groups is 1. The number of carbonyl (C=O) groups excluding carboxylic acids is 1. The van der Waals surface area contributed by atoms with Gasteiger partial charge in [-0.3, -0.25) is 9.89 Å². The smallest absolute Gasteiger partial charge is 0.184 e. The second-order valence-corrected chi connectivity index (χ2v) is 3.95. The Morgan fingerprint density at radius 3 is 3.17 bits per heavy atom. The molecule has 1 fully saturated rings. The first-order valence-electron chi connectivity index (χ1n) is 3.91. The van der Waals surface area contributed by atoms with E-state index in [2.05, 4.69) is 15.2 Å². The van der Waals surface area contributed by atoms with Crippen LogP contribution in [0.4, 0.5) is 0 Å². The van der Waals surface area contributed by atoms with Gasteiger partial charge < -0.3 is 0 Å². The van der Waals surface area contributed by atoms with Crippen LogP contribution < -0.4 is 0 Å². The van der Waals surface area contributed by atoms with Gasteiger partial charge in [0.25, 0.3) is 0 Å². The van der Waals surface area contributed by atoms with E-state index in [1.807, 2.05) is 0 Å². The van der Waals surface area contributed by atoms with Crippen LogP contribution in [0.3, 0.4) is 0 Å². The Morgan fingerprint density at radius 1 is 1.67 bits per heavy atom. The third-order valence-corrected chi connectivity index (χ3v) is 3.10. The van der Waals surface area contributed by atoms with E-state index in [0.717, 1.165) is 24.4 Å². The molecule has 0 aliphatic heterocycles. The largest absolute Gasteiger partial charge is 0.298 e. The van der Waals surface area contributed by atoms with Gasteiger partial charge in [-0.2, -0.15) is 5.10 Å². The van der Waals surface area contributed by atoms with Crippen molar-refractivity contribution in [1.82, 2.24) is 15.2 Å². The Hall–Kier alpha value is -0.840. The predicted molar refractivity (Wildman–Crippen MR) is 44.9 cm³/mol. The fourth-order valence-electron chi connectivity index (χ4n) is 1.29. The van der Waals surface area contributed by atoms with E-state index in [4.69, 9.17) is 0 Å². The molecule has 1 unspecified atom stereocenters. The van der Waals surface area contributed by atoms with E-state index >= 15 is 0 Å². The summed E-state index contributed by atoms with van der Waals surface area (Å²) in [6.45, 7) is 0. The van der Waals surface area contributed by atoms with Crippen LogP contribution >= 0.6 is 11.8 Å². The molecule has 64 valence electrons. The normalized spacial score (nSPS) is 23.3. The van der Waals surface area contributed by atoms with E-state index in [-0.39, 0.29) is 5.25 Å². The van der Waals surface area contributed by atoms with E-state index in [1.165, 1.54) is 18.1 Å². The van der Waals surface area contributed by atoms with Gasteiger partial charge in [0.2, 0.25) is 0 Å². The van der Waals surface area contributed by atoms with Crippen molar-refractivity contribution in [3.63, 3.8) is 0 Å². The number of Topliss-reactive ketones (excluding diaryl/α,β-unsaturated/α-hetero) is 1. The first-order chi connectivity index (χ1) is 5.86. The number of hydrogen-bond acceptors (Lipinski definition) is 4. The predicted octanol–water partition coefficient (Wildman–Crippen LogP) is 1.02. The van der Waals surface area contributed by atoms with Crippen molar-refractivity contribution in [1.29, 1.82) is 0 Å². The molecule has 1 heterocycles. The summed E-state index contributed by atoms with van der Waals surface area (Å²) in [6.07, 6.45) is 4.18. The van der Waals surface area contributed by atoms with Crippen LogP contribution in [0.2, 0.25) is 0 Å². The van der Waals surface area contributed by atoms with Crippen molar-refractivity contribution < 1.29 is 4.79 Å². The number of carbonyl (C=O) groups is 1. The van der Waals surface area contributed by atoms with Crippen molar-refractivity contribution in [2.75, 3.05) is 0 Å². The lowest BCUT2D eigenvalue weighted by Crippen LogP contribution is -2.08. The molecular formula is C7H9N3OS. The highest BCUT2D eigenvalue weighted by Crippen LogP contribution is 2.29. The van der Waals surface area contributed by atoms with Crippen LogP contribution in [0.25, 0.3) is 0 Å². The minimum atomic E-state index is 0.109. The highest BCUT2D eigenvalue weighted by atomic mass is 32.2. The number of ketones is 1. The lowest BCUT2D eigenvalue weighted by Gasteiger charge is -2.02. The molecule has 12 heavy (non-hydrogen) atoms. The molecule has 4 nitrogen and oxygen atoms in total. The molecule has 1 atom stereocenters. The fourth-order valence-corrected chi connectivity index (χ4v) is 2.31. The third-order valence-electron chi connectivity index (χ3n) is 1.90. The summed E-state index contributed by atoms with van der Waals surface area (Å²) in [5.41, 5.74) is 0. The summed E-state index contributed by atoms with van der Waals surface area (Å²) in [6, 6.07) is 0. The number of hydrogen-bond donors (Lipinski definition) is 1. The van der Waals surface area contributed by atoms with Gasteiger partial charge in [-0.05, 0) is 12.8 Å². The van der Waals surface area contributed by atoms with Crippen LogP contribution in [0, 0.1) is 0 Å². The van der Waals surface area contributed by atoms with Crippen molar-refractivity contribution in [3.05, 3.63) is 6.33 Å². The van der Waals surface area contributed by atoms with Crippen molar-refractivity contribution in [2.24, 2.45) is 0 Å². The summed E-state index contributed by atoms with van der Waals surface area (Å²) >= 11 is 1.49. The molecule has 1 N–H and O–H groups in total. The molecule has 1 aromatic rings. The monoisotopic (exact) mass is 183 g/mol. The van der Waals surface area contributed by atoms with Gasteiger partial charge >= 0.3 is 0 Å². The number of aromatic amines is 1. The molecule has 0 aromatic carbocycles. The van der Waals surface area contributed by atoms with Crippen LogP contribution in [-0.4, -0.2) is 26.2 Å². The zero-order valence-corrected chi connectivity index (χ0v) is 7.30. The van der Waals surface area contributed by atoms with E-state index in [9.17, 15) is 4.79 Å². The van der Waals surface area contributed by atoms with Crippen LogP contribution in [0.15, 0.2) is 11.5 Å². The van der Waals surface area contributed by atoms with Gasteiger partial charge in [-0.25, -0.2) is 4.98 Å². The van der Waals surface area contributed by atoms with Crippen molar-refractivity contribution in [3.8, 4) is 0 Å². The second kappa shape index (κ2) is 3.26. The molecule has 2 rings (SSSR count). The first kappa shape index (κ1) is 7.79. The highest BCUT2D eigenvalue weighted by Gasteiger charge is 2.25. The molecule has 5 heteroatoms. The standard InChI is InChI=1S/C7H9N3OS/c11-5-2-1-3-6(5)12-7-8-4-9-10-7/h4,6H,1-3H2,(H,8,9,10). The van der Waals surface area contributed by atoms with Gasteiger partial charge in [0.05, 0.1) is 5.25 Å². The second-order valence-electron chi connectivity index (χ2n) is 2.76. The third kappa shape index (κ3) is 1.50. The molecule has 1 aliphatic rings. The molecule has 1 saturated carbocycles. The molecule has 0 spiro atoms. The fraction of sp³-hybridized carbons (Fsp3) is 0.571. The summed E-state index contributed by atoms with van der Waals surface area (Å²) in [5, 5.41) is 7.31. The minimum Gasteiger partial charge on any atom is -0.298 e. The Balaban J connectivity index is 1.99. The van der Waals surface area contributed by atoms with E-state index < -0.39 is 0 Å². The Labute approximate surface area is 74.2 Å². The highest BCUT2D eigenvalue weighted by molar-refractivity contribution is 8.00. The van der Waals surface area contributed by atoms with Gasteiger partial charge in [-0.1, -0.05) is 11.8 Å². The molecule has 1 aromatic heterocycles. The maximum atomic E-state index is 11.2. The zero-order valence-electron chi connectivity index (χ0n) is 6.49.